The quantitative estimate of drug-likeness (QED) is 0.850. The lowest BCUT2D eigenvalue weighted by Crippen LogP contribution is -2.44. The number of hydrogen-bond donors (Lipinski definition) is 1. The van der Waals surface area contributed by atoms with E-state index in [1.807, 2.05) is 13.8 Å². The van der Waals surface area contributed by atoms with Crippen LogP contribution in [0.5, 0.6) is 0 Å². The highest BCUT2D eigenvalue weighted by Crippen LogP contribution is 2.31. The maximum Gasteiger partial charge on any atom is 0.245 e. The Balaban J connectivity index is 2.36. The maximum atomic E-state index is 12.6. The minimum absolute atomic E-state index is 0.142. The summed E-state index contributed by atoms with van der Waals surface area (Å²) in [5.74, 6) is 0. The molecule has 2 N–H and O–H groups in total. The van der Waals surface area contributed by atoms with Gasteiger partial charge >= 0.3 is 0 Å². The van der Waals surface area contributed by atoms with Gasteiger partial charge in [0.2, 0.25) is 10.0 Å². The minimum atomic E-state index is -3.54. The van der Waals surface area contributed by atoms with Crippen LogP contribution in [0.2, 0.25) is 5.02 Å². The predicted molar refractivity (Wildman–Crippen MR) is 81.1 cm³/mol. The first-order valence-electron chi connectivity index (χ1n) is 6.01. The highest BCUT2D eigenvalue weighted by atomic mass is 35.5. The Hall–Kier alpha value is -0.430. The van der Waals surface area contributed by atoms with E-state index < -0.39 is 10.0 Å². The van der Waals surface area contributed by atoms with Gasteiger partial charge in [-0.3, -0.25) is 0 Å². The largest absolute Gasteiger partial charge is 0.398 e. The van der Waals surface area contributed by atoms with Crippen LogP contribution >= 0.6 is 23.4 Å². The third-order valence-corrected chi connectivity index (χ3v) is 6.34. The highest BCUT2D eigenvalue weighted by Gasteiger charge is 2.33. The number of nitrogen functional groups attached to an aromatic ring is 1. The predicted octanol–water partition coefficient (Wildman–Crippen LogP) is 2.44. The van der Waals surface area contributed by atoms with Gasteiger partial charge in [-0.15, -0.1) is 0 Å². The summed E-state index contributed by atoms with van der Waals surface area (Å²) in [5.41, 5.74) is 5.99. The molecule has 2 atom stereocenters. The number of benzene rings is 1. The normalized spacial score (nSPS) is 25.4. The summed E-state index contributed by atoms with van der Waals surface area (Å²) in [6.07, 6.45) is 0. The maximum absolute atomic E-state index is 12.6. The molecule has 1 fully saturated rings. The van der Waals surface area contributed by atoms with Crippen molar-refractivity contribution in [1.82, 2.24) is 4.31 Å². The highest BCUT2D eigenvalue weighted by molar-refractivity contribution is 8.00. The second-order valence-electron chi connectivity index (χ2n) is 4.76. The van der Waals surface area contributed by atoms with Crippen molar-refractivity contribution in [2.45, 2.75) is 29.2 Å². The van der Waals surface area contributed by atoms with Crippen molar-refractivity contribution in [3.8, 4) is 0 Å². The topological polar surface area (TPSA) is 63.4 Å². The number of halogens is 1. The third-order valence-electron chi connectivity index (χ3n) is 2.98. The molecule has 106 valence electrons. The van der Waals surface area contributed by atoms with E-state index in [9.17, 15) is 8.42 Å². The van der Waals surface area contributed by atoms with Gasteiger partial charge in [0.25, 0.3) is 0 Å². The molecule has 1 aliphatic rings. The second-order valence-corrected chi connectivity index (χ2v) is 8.99. The van der Waals surface area contributed by atoms with E-state index in [4.69, 9.17) is 17.3 Å². The standard InChI is InChI=1S/C12H17ClN2O2S2/c1-8-6-15(7-9(2)18-8)19(16,17)12-4-3-10(13)5-11(12)14/h3-5,8-9H,6-7,14H2,1-2H3. The Bertz CT molecular complexity index is 567. The van der Waals surface area contributed by atoms with Gasteiger partial charge in [-0.1, -0.05) is 25.4 Å². The zero-order valence-electron chi connectivity index (χ0n) is 10.8. The van der Waals surface area contributed by atoms with Gasteiger partial charge in [-0.25, -0.2) is 8.42 Å². The zero-order valence-corrected chi connectivity index (χ0v) is 13.2. The van der Waals surface area contributed by atoms with Crippen LogP contribution < -0.4 is 5.73 Å². The Morgan fingerprint density at radius 1 is 1.32 bits per heavy atom. The van der Waals surface area contributed by atoms with Crippen molar-refractivity contribution in [3.05, 3.63) is 23.2 Å². The van der Waals surface area contributed by atoms with Crippen molar-refractivity contribution < 1.29 is 8.42 Å². The molecule has 4 nitrogen and oxygen atoms in total. The van der Waals surface area contributed by atoms with Gasteiger partial charge in [0.1, 0.15) is 4.90 Å². The van der Waals surface area contributed by atoms with E-state index in [-0.39, 0.29) is 21.1 Å². The van der Waals surface area contributed by atoms with Crippen LogP contribution in [-0.2, 0) is 10.0 Å². The minimum Gasteiger partial charge on any atom is -0.398 e. The Morgan fingerprint density at radius 3 is 2.42 bits per heavy atom. The van der Waals surface area contributed by atoms with E-state index in [1.165, 1.54) is 16.4 Å². The molecule has 0 spiro atoms. The van der Waals surface area contributed by atoms with E-state index in [1.54, 1.807) is 17.8 Å². The van der Waals surface area contributed by atoms with Crippen LogP contribution in [0.4, 0.5) is 5.69 Å². The molecular formula is C12H17ClN2O2S2. The number of rotatable bonds is 2. The van der Waals surface area contributed by atoms with E-state index >= 15 is 0 Å². The molecule has 1 aromatic rings. The van der Waals surface area contributed by atoms with Crippen molar-refractivity contribution in [2.75, 3.05) is 18.8 Å². The number of sulfonamides is 1. The monoisotopic (exact) mass is 320 g/mol. The summed E-state index contributed by atoms with van der Waals surface area (Å²) < 4.78 is 26.7. The molecule has 0 aliphatic carbocycles. The molecule has 1 aromatic carbocycles. The molecule has 19 heavy (non-hydrogen) atoms. The molecule has 0 bridgehead atoms. The molecule has 1 saturated heterocycles. The van der Waals surface area contributed by atoms with Crippen molar-refractivity contribution in [2.24, 2.45) is 0 Å². The third kappa shape index (κ3) is 3.18. The fourth-order valence-electron chi connectivity index (χ4n) is 2.22. The lowest BCUT2D eigenvalue weighted by molar-refractivity contribution is 0.405. The van der Waals surface area contributed by atoms with Gasteiger partial charge in [0.15, 0.2) is 0 Å². The first-order chi connectivity index (χ1) is 8.80. The molecule has 0 saturated carbocycles. The summed E-state index contributed by atoms with van der Waals surface area (Å²) in [6, 6.07) is 4.50. The average molecular weight is 321 g/mol. The van der Waals surface area contributed by atoms with Gasteiger partial charge in [0.05, 0.1) is 5.69 Å². The molecular weight excluding hydrogens is 304 g/mol. The lowest BCUT2D eigenvalue weighted by atomic mass is 10.3. The van der Waals surface area contributed by atoms with Crippen LogP contribution in [0.25, 0.3) is 0 Å². The van der Waals surface area contributed by atoms with Gasteiger partial charge in [-0.2, -0.15) is 16.1 Å². The van der Waals surface area contributed by atoms with Crippen LogP contribution in [0, 0.1) is 0 Å². The molecule has 2 rings (SSSR count). The van der Waals surface area contributed by atoms with Crippen LogP contribution in [0.15, 0.2) is 23.1 Å². The fraction of sp³-hybridized carbons (Fsp3) is 0.500. The van der Waals surface area contributed by atoms with Crippen LogP contribution in [0.3, 0.4) is 0 Å². The smallest absolute Gasteiger partial charge is 0.245 e. The van der Waals surface area contributed by atoms with Crippen molar-refractivity contribution in [3.63, 3.8) is 0 Å². The molecule has 1 heterocycles. The molecule has 7 heteroatoms. The number of anilines is 1. The van der Waals surface area contributed by atoms with Crippen molar-refractivity contribution in [1.29, 1.82) is 0 Å². The van der Waals surface area contributed by atoms with Crippen LogP contribution in [-0.4, -0.2) is 36.3 Å². The number of nitrogens with zero attached hydrogens (tertiary/aromatic N) is 1. The first kappa shape index (κ1) is 15.0. The molecule has 0 amide bonds. The average Bonchev–Trinajstić information content (AvgIpc) is 2.26. The first-order valence-corrected chi connectivity index (χ1v) is 8.77. The van der Waals surface area contributed by atoms with Gasteiger partial charge in [-0.05, 0) is 18.2 Å². The SMILES string of the molecule is CC1CN(S(=O)(=O)c2ccc(Cl)cc2N)CC(C)S1. The van der Waals surface area contributed by atoms with E-state index in [0.29, 0.717) is 18.1 Å². The Labute approximate surface area is 123 Å². The second kappa shape index (κ2) is 5.52. The molecule has 0 radical (unpaired) electrons. The summed E-state index contributed by atoms with van der Waals surface area (Å²) in [6.45, 7) is 5.10. The number of hydrogen-bond acceptors (Lipinski definition) is 4. The summed E-state index contributed by atoms with van der Waals surface area (Å²) >= 11 is 7.61. The fourth-order valence-corrected chi connectivity index (χ4v) is 5.63. The lowest BCUT2D eigenvalue weighted by Gasteiger charge is -2.33. The number of nitrogens with two attached hydrogens (primary N) is 1. The van der Waals surface area contributed by atoms with E-state index in [2.05, 4.69) is 0 Å². The summed E-state index contributed by atoms with van der Waals surface area (Å²) in [7, 11) is -3.54. The molecule has 1 aliphatic heterocycles. The Kier molecular flexibility index (Phi) is 4.35. The molecule has 0 aromatic heterocycles. The van der Waals surface area contributed by atoms with Gasteiger partial charge < -0.3 is 5.73 Å². The molecule has 2 unspecified atom stereocenters. The summed E-state index contributed by atoms with van der Waals surface area (Å²) in [4.78, 5) is 0.142. The van der Waals surface area contributed by atoms with Crippen LogP contribution in [0.1, 0.15) is 13.8 Å². The summed E-state index contributed by atoms with van der Waals surface area (Å²) in [5, 5.41) is 1.01. The zero-order chi connectivity index (χ0) is 14.2. The van der Waals surface area contributed by atoms with E-state index in [0.717, 1.165) is 0 Å². The van der Waals surface area contributed by atoms with Crippen molar-refractivity contribution >= 4 is 39.1 Å². The van der Waals surface area contributed by atoms with Gasteiger partial charge in [0, 0.05) is 28.6 Å². The Morgan fingerprint density at radius 2 is 1.89 bits per heavy atom. The number of thioether (sulfide) groups is 1.